The van der Waals surface area contributed by atoms with Crippen molar-refractivity contribution >= 4 is 0 Å². The van der Waals surface area contributed by atoms with Gasteiger partial charge in [-0.25, -0.2) is 0 Å². The summed E-state index contributed by atoms with van der Waals surface area (Å²) in [6.45, 7) is 3.58. The molecule has 0 aromatic heterocycles. The van der Waals surface area contributed by atoms with E-state index in [0.717, 1.165) is 38.7 Å². The van der Waals surface area contributed by atoms with Gasteiger partial charge in [0.25, 0.3) is 0 Å². The van der Waals surface area contributed by atoms with Crippen molar-refractivity contribution < 1.29 is 14.6 Å². The van der Waals surface area contributed by atoms with Crippen molar-refractivity contribution in [1.82, 2.24) is 0 Å². The lowest BCUT2D eigenvalue weighted by atomic mass is 10.2. The van der Waals surface area contributed by atoms with Gasteiger partial charge >= 0.3 is 0 Å². The van der Waals surface area contributed by atoms with E-state index in [1.165, 1.54) is 6.42 Å². The van der Waals surface area contributed by atoms with E-state index in [4.69, 9.17) is 9.47 Å². The van der Waals surface area contributed by atoms with E-state index in [9.17, 15) is 5.11 Å². The number of rotatable bonds is 7. The fraction of sp³-hybridized carbons (Fsp3) is 0.846. The van der Waals surface area contributed by atoms with Crippen LogP contribution >= 0.6 is 0 Å². The van der Waals surface area contributed by atoms with E-state index < -0.39 is 0 Å². The van der Waals surface area contributed by atoms with Gasteiger partial charge in [0.15, 0.2) is 6.29 Å². The molecule has 1 rings (SSSR count). The first-order valence-electron chi connectivity index (χ1n) is 6.41. The topological polar surface area (TPSA) is 38.7 Å². The average Bonchev–Trinajstić information content (AvgIpc) is 2.30. The molecular formula is C13H24O3. The Hall–Kier alpha value is -0.380. The van der Waals surface area contributed by atoms with Gasteiger partial charge in [0.05, 0.1) is 12.7 Å². The van der Waals surface area contributed by atoms with Crippen molar-refractivity contribution in [2.75, 3.05) is 13.2 Å². The van der Waals surface area contributed by atoms with E-state index in [1.807, 2.05) is 12.2 Å². The third-order valence-corrected chi connectivity index (χ3v) is 2.67. The lowest BCUT2D eigenvalue weighted by molar-refractivity contribution is -0.161. The molecule has 0 radical (unpaired) electrons. The number of ether oxygens (including phenoxy) is 2. The molecule has 1 heterocycles. The standard InChI is InChI=1S/C13H24O3/c1-2-7-12(14)8-3-5-10-15-13-9-4-6-11-16-13/h3,8,12-14H,2,4-7,9-11H2,1H3/b8-3-. The minimum Gasteiger partial charge on any atom is -0.389 e. The maximum absolute atomic E-state index is 9.44. The number of hydrogen-bond acceptors (Lipinski definition) is 3. The predicted molar refractivity (Wildman–Crippen MR) is 64.2 cm³/mol. The maximum atomic E-state index is 9.44. The van der Waals surface area contributed by atoms with Crippen LogP contribution in [0.1, 0.15) is 45.4 Å². The molecule has 1 saturated heterocycles. The third-order valence-electron chi connectivity index (χ3n) is 2.67. The Kier molecular flexibility index (Phi) is 7.47. The molecule has 94 valence electrons. The molecule has 3 heteroatoms. The van der Waals surface area contributed by atoms with Gasteiger partial charge in [-0.3, -0.25) is 0 Å². The zero-order valence-corrected chi connectivity index (χ0v) is 10.2. The van der Waals surface area contributed by atoms with Gasteiger partial charge in [-0.15, -0.1) is 0 Å². The average molecular weight is 228 g/mol. The lowest BCUT2D eigenvalue weighted by Gasteiger charge is -2.22. The molecular weight excluding hydrogens is 204 g/mol. The normalized spacial score (nSPS) is 23.8. The Balaban J connectivity index is 1.97. The highest BCUT2D eigenvalue weighted by molar-refractivity contribution is 4.88. The molecule has 0 amide bonds. The molecule has 0 aliphatic carbocycles. The van der Waals surface area contributed by atoms with Crippen molar-refractivity contribution in [3.05, 3.63) is 12.2 Å². The molecule has 1 fully saturated rings. The minimum absolute atomic E-state index is 0.00251. The highest BCUT2D eigenvalue weighted by Gasteiger charge is 2.12. The summed E-state index contributed by atoms with van der Waals surface area (Å²) in [6.07, 6.45) is 9.62. The Morgan fingerprint density at radius 1 is 1.50 bits per heavy atom. The Morgan fingerprint density at radius 3 is 3.06 bits per heavy atom. The van der Waals surface area contributed by atoms with Gasteiger partial charge in [-0.2, -0.15) is 0 Å². The van der Waals surface area contributed by atoms with Crippen molar-refractivity contribution in [2.24, 2.45) is 0 Å². The van der Waals surface area contributed by atoms with Crippen LogP contribution in [-0.4, -0.2) is 30.7 Å². The summed E-state index contributed by atoms with van der Waals surface area (Å²) >= 11 is 0. The molecule has 1 aliphatic heterocycles. The molecule has 1 N–H and O–H groups in total. The molecule has 0 aromatic rings. The van der Waals surface area contributed by atoms with Gasteiger partial charge in [0.1, 0.15) is 0 Å². The van der Waals surface area contributed by atoms with Crippen LogP contribution < -0.4 is 0 Å². The largest absolute Gasteiger partial charge is 0.389 e. The third kappa shape index (κ3) is 6.26. The highest BCUT2D eigenvalue weighted by Crippen LogP contribution is 2.13. The quantitative estimate of drug-likeness (QED) is 0.538. The summed E-state index contributed by atoms with van der Waals surface area (Å²) in [5.41, 5.74) is 0. The summed E-state index contributed by atoms with van der Waals surface area (Å²) < 4.78 is 11.0. The van der Waals surface area contributed by atoms with Gasteiger partial charge in [0, 0.05) is 6.61 Å². The zero-order chi connectivity index (χ0) is 11.6. The second-order valence-corrected chi connectivity index (χ2v) is 4.24. The molecule has 2 unspecified atom stereocenters. The van der Waals surface area contributed by atoms with E-state index >= 15 is 0 Å². The fourth-order valence-electron chi connectivity index (χ4n) is 1.76. The van der Waals surface area contributed by atoms with E-state index in [-0.39, 0.29) is 12.4 Å². The van der Waals surface area contributed by atoms with Gasteiger partial charge in [-0.1, -0.05) is 25.5 Å². The van der Waals surface area contributed by atoms with E-state index in [2.05, 4.69) is 6.92 Å². The highest BCUT2D eigenvalue weighted by atomic mass is 16.7. The first-order chi connectivity index (χ1) is 7.83. The summed E-state index contributed by atoms with van der Waals surface area (Å²) in [4.78, 5) is 0. The second kappa shape index (κ2) is 8.74. The second-order valence-electron chi connectivity index (χ2n) is 4.24. The van der Waals surface area contributed by atoms with Gasteiger partial charge < -0.3 is 14.6 Å². The van der Waals surface area contributed by atoms with E-state index in [1.54, 1.807) is 0 Å². The van der Waals surface area contributed by atoms with Crippen LogP contribution in [0.2, 0.25) is 0 Å². The first-order valence-corrected chi connectivity index (χ1v) is 6.41. The molecule has 0 spiro atoms. The number of hydrogen-bond donors (Lipinski definition) is 1. The molecule has 1 aliphatic rings. The Morgan fingerprint density at radius 2 is 2.38 bits per heavy atom. The summed E-state index contributed by atoms with van der Waals surface area (Å²) in [6, 6.07) is 0. The van der Waals surface area contributed by atoms with E-state index in [0.29, 0.717) is 6.61 Å². The Labute approximate surface area is 98.4 Å². The van der Waals surface area contributed by atoms with Crippen LogP contribution in [0.3, 0.4) is 0 Å². The van der Waals surface area contributed by atoms with Crippen LogP contribution in [0.5, 0.6) is 0 Å². The molecule has 2 atom stereocenters. The smallest absolute Gasteiger partial charge is 0.157 e. The fourth-order valence-corrected chi connectivity index (χ4v) is 1.76. The van der Waals surface area contributed by atoms with Crippen molar-refractivity contribution in [3.63, 3.8) is 0 Å². The lowest BCUT2D eigenvalue weighted by Crippen LogP contribution is -2.22. The zero-order valence-electron chi connectivity index (χ0n) is 10.2. The summed E-state index contributed by atoms with van der Waals surface area (Å²) in [7, 11) is 0. The number of aliphatic hydroxyl groups is 1. The van der Waals surface area contributed by atoms with Gasteiger partial charge in [-0.05, 0) is 32.1 Å². The summed E-state index contributed by atoms with van der Waals surface area (Å²) in [5, 5.41) is 9.44. The molecule has 0 aromatic carbocycles. The Bertz CT molecular complexity index is 186. The first kappa shape index (κ1) is 13.7. The molecule has 0 saturated carbocycles. The monoisotopic (exact) mass is 228 g/mol. The molecule has 0 bridgehead atoms. The van der Waals surface area contributed by atoms with Crippen LogP contribution in [0.25, 0.3) is 0 Å². The SMILES string of the molecule is CCCC(O)/C=C\CCOC1CCCCO1. The van der Waals surface area contributed by atoms with Crippen molar-refractivity contribution in [2.45, 2.75) is 57.8 Å². The van der Waals surface area contributed by atoms with Crippen molar-refractivity contribution in [1.29, 1.82) is 0 Å². The van der Waals surface area contributed by atoms with Crippen LogP contribution in [0.15, 0.2) is 12.2 Å². The predicted octanol–water partition coefficient (Wildman–Crippen LogP) is 2.64. The number of aliphatic hydroxyl groups excluding tert-OH is 1. The van der Waals surface area contributed by atoms with Crippen LogP contribution in [-0.2, 0) is 9.47 Å². The van der Waals surface area contributed by atoms with Crippen molar-refractivity contribution in [3.8, 4) is 0 Å². The van der Waals surface area contributed by atoms with Crippen LogP contribution in [0, 0.1) is 0 Å². The minimum atomic E-state index is -0.295. The van der Waals surface area contributed by atoms with Crippen LogP contribution in [0.4, 0.5) is 0 Å². The molecule has 3 nitrogen and oxygen atoms in total. The maximum Gasteiger partial charge on any atom is 0.157 e. The summed E-state index contributed by atoms with van der Waals surface area (Å²) in [5.74, 6) is 0. The molecule has 16 heavy (non-hydrogen) atoms. The van der Waals surface area contributed by atoms with Gasteiger partial charge in [0.2, 0.25) is 0 Å².